The monoisotopic (exact) mass is 335 g/mol. The van der Waals surface area contributed by atoms with Crippen molar-refractivity contribution in [2.75, 3.05) is 13.1 Å². The van der Waals surface area contributed by atoms with Crippen LogP contribution in [-0.2, 0) is 4.79 Å². The second-order valence-electron chi connectivity index (χ2n) is 7.40. The highest BCUT2D eigenvalue weighted by Crippen LogP contribution is 2.14. The third-order valence-corrected chi connectivity index (χ3v) is 5.12. The Balaban J connectivity index is 1.73. The van der Waals surface area contributed by atoms with Crippen LogP contribution in [0.2, 0.25) is 0 Å². The molecular weight excluding hydrogens is 294 g/mol. The molecule has 24 heavy (non-hydrogen) atoms. The van der Waals surface area contributed by atoms with Gasteiger partial charge in [0.2, 0.25) is 5.91 Å². The third kappa shape index (κ3) is 11.7. The smallest absolute Gasteiger partial charge is 0.222 e. The molecule has 0 aliphatic carbocycles. The van der Waals surface area contributed by atoms with E-state index in [0.29, 0.717) is 5.91 Å². The van der Waals surface area contributed by atoms with Crippen LogP contribution in [0.15, 0.2) is 12.2 Å². The van der Waals surface area contributed by atoms with E-state index in [1.807, 2.05) is 0 Å². The predicted molar refractivity (Wildman–Crippen MR) is 105 cm³/mol. The largest absolute Gasteiger partial charge is 0.343 e. The van der Waals surface area contributed by atoms with Crippen LogP contribution in [-0.4, -0.2) is 23.9 Å². The van der Waals surface area contributed by atoms with Crippen molar-refractivity contribution < 1.29 is 4.79 Å². The SMILES string of the molecule is CC/C=C/CCCCCCCCCCCCCC(=O)N1CCCC1. The lowest BCUT2D eigenvalue weighted by Gasteiger charge is -2.14. The fourth-order valence-electron chi connectivity index (χ4n) is 3.54. The van der Waals surface area contributed by atoms with Gasteiger partial charge in [-0.2, -0.15) is 0 Å². The number of allylic oxidation sites excluding steroid dienone is 2. The van der Waals surface area contributed by atoms with Crippen molar-refractivity contribution in [2.24, 2.45) is 0 Å². The molecule has 2 nitrogen and oxygen atoms in total. The minimum atomic E-state index is 0.401. The molecule has 1 aliphatic heterocycles. The Morgan fingerprint density at radius 3 is 1.79 bits per heavy atom. The summed E-state index contributed by atoms with van der Waals surface area (Å²) < 4.78 is 0. The highest BCUT2D eigenvalue weighted by atomic mass is 16.2. The summed E-state index contributed by atoms with van der Waals surface area (Å²) >= 11 is 0. The fourth-order valence-corrected chi connectivity index (χ4v) is 3.54. The molecule has 1 rings (SSSR count). The Kier molecular flexibility index (Phi) is 13.9. The molecule has 0 aromatic carbocycles. The van der Waals surface area contributed by atoms with Crippen LogP contribution in [0, 0.1) is 0 Å². The number of amides is 1. The number of hydrogen-bond acceptors (Lipinski definition) is 1. The molecule has 0 unspecified atom stereocenters. The average molecular weight is 336 g/mol. The van der Waals surface area contributed by atoms with E-state index in [-0.39, 0.29) is 0 Å². The van der Waals surface area contributed by atoms with Gasteiger partial charge in [0.15, 0.2) is 0 Å². The fraction of sp³-hybridized carbons (Fsp3) is 0.864. The van der Waals surface area contributed by atoms with E-state index in [4.69, 9.17) is 0 Å². The maximum atomic E-state index is 11.9. The number of carbonyl (C=O) groups excluding carboxylic acids is 1. The van der Waals surface area contributed by atoms with Crippen molar-refractivity contribution in [2.45, 2.75) is 110 Å². The van der Waals surface area contributed by atoms with E-state index >= 15 is 0 Å². The zero-order chi connectivity index (χ0) is 17.3. The van der Waals surface area contributed by atoms with E-state index in [0.717, 1.165) is 25.9 Å². The molecule has 2 heteroatoms. The Bertz CT molecular complexity index is 318. The van der Waals surface area contributed by atoms with Gasteiger partial charge in [-0.15, -0.1) is 0 Å². The van der Waals surface area contributed by atoms with Crippen LogP contribution in [0.25, 0.3) is 0 Å². The summed E-state index contributed by atoms with van der Waals surface area (Å²) in [5.41, 5.74) is 0. The molecule has 0 saturated carbocycles. The number of hydrogen-bond donors (Lipinski definition) is 0. The Hall–Kier alpha value is -0.790. The van der Waals surface area contributed by atoms with Gasteiger partial charge in [-0.25, -0.2) is 0 Å². The highest BCUT2D eigenvalue weighted by molar-refractivity contribution is 5.76. The molecule has 0 atom stereocenters. The van der Waals surface area contributed by atoms with Crippen molar-refractivity contribution in [3.05, 3.63) is 12.2 Å². The van der Waals surface area contributed by atoms with Gasteiger partial charge in [-0.05, 0) is 38.5 Å². The summed E-state index contributed by atoms with van der Waals surface area (Å²) in [7, 11) is 0. The zero-order valence-corrected chi connectivity index (χ0v) is 16.2. The standard InChI is InChI=1S/C22H41NO/c1-2-3-4-5-6-7-8-9-10-11-12-13-14-15-16-19-22(24)23-20-17-18-21-23/h3-4H,2,5-21H2,1H3/b4-3+. The van der Waals surface area contributed by atoms with Crippen LogP contribution in [0.1, 0.15) is 110 Å². The minimum absolute atomic E-state index is 0.401. The third-order valence-electron chi connectivity index (χ3n) is 5.12. The summed E-state index contributed by atoms with van der Waals surface area (Å²) in [6, 6.07) is 0. The molecule has 0 N–H and O–H groups in total. The van der Waals surface area contributed by atoms with Gasteiger partial charge >= 0.3 is 0 Å². The van der Waals surface area contributed by atoms with Crippen molar-refractivity contribution in [1.82, 2.24) is 4.90 Å². The van der Waals surface area contributed by atoms with Gasteiger partial charge < -0.3 is 4.90 Å². The molecule has 0 aromatic rings. The first kappa shape index (κ1) is 21.3. The Labute approximate surface area is 151 Å². The van der Waals surface area contributed by atoms with Crippen LogP contribution in [0.3, 0.4) is 0 Å². The summed E-state index contributed by atoms with van der Waals surface area (Å²) in [5.74, 6) is 0.401. The Morgan fingerprint density at radius 2 is 1.25 bits per heavy atom. The van der Waals surface area contributed by atoms with Gasteiger partial charge in [0.1, 0.15) is 0 Å². The van der Waals surface area contributed by atoms with Gasteiger partial charge in [-0.3, -0.25) is 4.79 Å². The van der Waals surface area contributed by atoms with Crippen molar-refractivity contribution >= 4 is 5.91 Å². The number of rotatable bonds is 15. The van der Waals surface area contributed by atoms with Gasteiger partial charge in [0, 0.05) is 19.5 Å². The highest BCUT2D eigenvalue weighted by Gasteiger charge is 2.16. The van der Waals surface area contributed by atoms with Gasteiger partial charge in [0.05, 0.1) is 0 Å². The quantitative estimate of drug-likeness (QED) is 0.242. The molecule has 1 heterocycles. The van der Waals surface area contributed by atoms with Crippen LogP contribution >= 0.6 is 0 Å². The lowest BCUT2D eigenvalue weighted by atomic mass is 10.0. The topological polar surface area (TPSA) is 20.3 Å². The summed E-state index contributed by atoms with van der Waals surface area (Å²) in [6.45, 7) is 4.22. The summed E-state index contributed by atoms with van der Waals surface area (Å²) in [5, 5.41) is 0. The number of nitrogens with zero attached hydrogens (tertiary/aromatic N) is 1. The average Bonchev–Trinajstić information content (AvgIpc) is 3.13. The second kappa shape index (κ2) is 15.7. The molecule has 1 fully saturated rings. The van der Waals surface area contributed by atoms with E-state index in [1.165, 1.54) is 89.9 Å². The first-order valence-electron chi connectivity index (χ1n) is 10.8. The summed E-state index contributed by atoms with van der Waals surface area (Å²) in [4.78, 5) is 14.0. The second-order valence-corrected chi connectivity index (χ2v) is 7.40. The molecule has 1 amide bonds. The maximum absolute atomic E-state index is 11.9. The first-order chi connectivity index (χ1) is 11.8. The van der Waals surface area contributed by atoms with Crippen molar-refractivity contribution in [1.29, 1.82) is 0 Å². The zero-order valence-electron chi connectivity index (χ0n) is 16.2. The Morgan fingerprint density at radius 1 is 0.750 bits per heavy atom. The molecule has 1 aliphatic rings. The maximum Gasteiger partial charge on any atom is 0.222 e. The molecule has 0 aromatic heterocycles. The molecular formula is C22H41NO. The number of likely N-dealkylation sites (tertiary alicyclic amines) is 1. The lowest BCUT2D eigenvalue weighted by Crippen LogP contribution is -2.27. The van der Waals surface area contributed by atoms with Gasteiger partial charge in [0.25, 0.3) is 0 Å². The van der Waals surface area contributed by atoms with Crippen molar-refractivity contribution in [3.63, 3.8) is 0 Å². The van der Waals surface area contributed by atoms with Crippen LogP contribution in [0.5, 0.6) is 0 Å². The van der Waals surface area contributed by atoms with E-state index < -0.39 is 0 Å². The van der Waals surface area contributed by atoms with E-state index in [2.05, 4.69) is 24.0 Å². The van der Waals surface area contributed by atoms with Crippen molar-refractivity contribution in [3.8, 4) is 0 Å². The predicted octanol–water partition coefficient (Wildman–Crippen LogP) is 6.65. The first-order valence-corrected chi connectivity index (χ1v) is 10.8. The molecule has 0 spiro atoms. The number of unbranched alkanes of at least 4 members (excludes halogenated alkanes) is 11. The van der Waals surface area contributed by atoms with Crippen LogP contribution in [0.4, 0.5) is 0 Å². The minimum Gasteiger partial charge on any atom is -0.343 e. The molecule has 0 bridgehead atoms. The molecule has 1 saturated heterocycles. The number of carbonyl (C=O) groups is 1. The normalized spacial score (nSPS) is 14.8. The lowest BCUT2D eigenvalue weighted by molar-refractivity contribution is -0.130. The van der Waals surface area contributed by atoms with Gasteiger partial charge in [-0.1, -0.05) is 76.9 Å². The van der Waals surface area contributed by atoms with E-state index in [1.54, 1.807) is 0 Å². The summed E-state index contributed by atoms with van der Waals surface area (Å²) in [6.07, 6.45) is 25.1. The van der Waals surface area contributed by atoms with Crippen LogP contribution < -0.4 is 0 Å². The molecule has 140 valence electrons. The molecule has 0 radical (unpaired) electrons. The van der Waals surface area contributed by atoms with E-state index in [9.17, 15) is 4.79 Å².